The average molecular weight is 165 g/mol. The van der Waals surface area contributed by atoms with Crippen molar-refractivity contribution < 1.29 is 4.79 Å². The number of carbonyl (C=O) groups is 1. The molecular weight excluding hydrogens is 150 g/mol. The van der Waals surface area contributed by atoms with Gasteiger partial charge in [-0.1, -0.05) is 6.92 Å². The predicted molar refractivity (Wildman–Crippen MR) is 48.4 cm³/mol. The molecule has 0 aromatic heterocycles. The Morgan fingerprint density at radius 2 is 2.17 bits per heavy atom. The van der Waals surface area contributed by atoms with E-state index in [1.807, 2.05) is 6.92 Å². The first-order valence-electron chi connectivity index (χ1n) is 4.74. The molecule has 0 radical (unpaired) electrons. The van der Waals surface area contributed by atoms with Crippen molar-refractivity contribution in [1.29, 1.82) is 0 Å². The zero-order valence-corrected chi connectivity index (χ0v) is 7.71. The fourth-order valence-corrected chi connectivity index (χ4v) is 1.92. The summed E-state index contributed by atoms with van der Waals surface area (Å²) in [4.78, 5) is 15.6. The van der Waals surface area contributed by atoms with Gasteiger partial charge in [0.15, 0.2) is 0 Å². The summed E-state index contributed by atoms with van der Waals surface area (Å²) < 4.78 is 0. The van der Waals surface area contributed by atoms with Crippen molar-refractivity contribution in [3.63, 3.8) is 0 Å². The summed E-state index contributed by atoms with van der Waals surface area (Å²) in [6, 6.07) is 0.299. The maximum Gasteiger partial charge on any atom is 0.138 e. The third-order valence-corrected chi connectivity index (χ3v) is 3.00. The number of rotatable bonds is 3. The van der Waals surface area contributed by atoms with Gasteiger partial charge in [0.05, 0.1) is 6.04 Å². The van der Waals surface area contributed by atoms with Crippen LogP contribution in [0.15, 0.2) is 4.99 Å². The van der Waals surface area contributed by atoms with Crippen LogP contribution >= 0.6 is 0 Å². The van der Waals surface area contributed by atoms with E-state index < -0.39 is 0 Å². The molecule has 12 heavy (non-hydrogen) atoms. The van der Waals surface area contributed by atoms with Crippen LogP contribution < -0.4 is 0 Å². The van der Waals surface area contributed by atoms with E-state index in [1.165, 1.54) is 0 Å². The Morgan fingerprint density at radius 3 is 2.58 bits per heavy atom. The molecule has 1 heterocycles. The maximum absolute atomic E-state index is 11.5. The highest BCUT2D eigenvalue weighted by Crippen LogP contribution is 2.35. The summed E-state index contributed by atoms with van der Waals surface area (Å²) in [5, 5.41) is 0. The van der Waals surface area contributed by atoms with Gasteiger partial charge < -0.3 is 0 Å². The van der Waals surface area contributed by atoms with Crippen LogP contribution in [0, 0.1) is 11.8 Å². The third-order valence-electron chi connectivity index (χ3n) is 3.00. The Bertz CT molecular complexity index is 238. The van der Waals surface area contributed by atoms with E-state index in [0.717, 1.165) is 24.5 Å². The molecule has 1 fully saturated rings. The zero-order chi connectivity index (χ0) is 8.72. The number of hydrogen-bond acceptors (Lipinski definition) is 2. The van der Waals surface area contributed by atoms with Gasteiger partial charge in [0.1, 0.15) is 5.78 Å². The van der Waals surface area contributed by atoms with Gasteiger partial charge in [-0.25, -0.2) is 0 Å². The second kappa shape index (κ2) is 2.68. The molecule has 2 nitrogen and oxygen atoms in total. The lowest BCUT2D eigenvalue weighted by atomic mass is 9.73. The summed E-state index contributed by atoms with van der Waals surface area (Å²) in [5.74, 6) is 1.60. The number of Topliss-reactive ketones (excluding diaryl/α,β-unsaturated/α-hetero) is 1. The van der Waals surface area contributed by atoms with Gasteiger partial charge >= 0.3 is 0 Å². The molecule has 66 valence electrons. The van der Waals surface area contributed by atoms with Crippen molar-refractivity contribution >= 4 is 11.5 Å². The summed E-state index contributed by atoms with van der Waals surface area (Å²) in [6.45, 7) is 4.21. The van der Waals surface area contributed by atoms with Crippen molar-refractivity contribution in [2.75, 3.05) is 0 Å². The predicted octanol–water partition coefficient (Wildman–Crippen LogP) is 1.83. The van der Waals surface area contributed by atoms with E-state index in [1.54, 1.807) is 0 Å². The first-order valence-corrected chi connectivity index (χ1v) is 4.74. The smallest absolute Gasteiger partial charge is 0.138 e. The molecule has 0 aromatic rings. The van der Waals surface area contributed by atoms with E-state index >= 15 is 0 Å². The number of carbonyl (C=O) groups excluding carboxylic acids is 1. The third kappa shape index (κ3) is 1.43. The van der Waals surface area contributed by atoms with Gasteiger partial charge in [0.2, 0.25) is 0 Å². The van der Waals surface area contributed by atoms with Crippen LogP contribution in [0.5, 0.6) is 0 Å². The Balaban J connectivity index is 1.72. The van der Waals surface area contributed by atoms with Crippen LogP contribution in [0.25, 0.3) is 0 Å². The van der Waals surface area contributed by atoms with Crippen LogP contribution in [0.2, 0.25) is 0 Å². The molecule has 1 aliphatic carbocycles. The van der Waals surface area contributed by atoms with Crippen molar-refractivity contribution in [2.45, 2.75) is 39.2 Å². The summed E-state index contributed by atoms with van der Waals surface area (Å²) in [5.41, 5.74) is 1.16. The van der Waals surface area contributed by atoms with E-state index in [2.05, 4.69) is 11.9 Å². The van der Waals surface area contributed by atoms with Gasteiger partial charge in [-0.15, -0.1) is 0 Å². The van der Waals surface area contributed by atoms with Crippen molar-refractivity contribution in [1.82, 2.24) is 0 Å². The fraction of sp³-hybridized carbons (Fsp3) is 0.800. The topological polar surface area (TPSA) is 29.4 Å². The van der Waals surface area contributed by atoms with Crippen molar-refractivity contribution in [2.24, 2.45) is 16.8 Å². The number of aliphatic imine (C=N–C) groups is 1. The van der Waals surface area contributed by atoms with Crippen LogP contribution in [0.4, 0.5) is 0 Å². The molecular formula is C10H15NO. The first-order chi connectivity index (χ1) is 5.66. The van der Waals surface area contributed by atoms with Crippen LogP contribution in [-0.2, 0) is 4.79 Å². The first kappa shape index (κ1) is 7.96. The molecule has 1 atom stereocenters. The van der Waals surface area contributed by atoms with Crippen LogP contribution in [0.3, 0.4) is 0 Å². The fourth-order valence-electron chi connectivity index (χ4n) is 1.92. The summed E-state index contributed by atoms with van der Waals surface area (Å²) in [6.07, 6.45) is 2.92. The highest BCUT2D eigenvalue weighted by Gasteiger charge is 2.34. The highest BCUT2D eigenvalue weighted by atomic mass is 16.1. The van der Waals surface area contributed by atoms with Crippen molar-refractivity contribution in [3.8, 4) is 0 Å². The summed E-state index contributed by atoms with van der Waals surface area (Å²) in [7, 11) is 0. The van der Waals surface area contributed by atoms with Gasteiger partial charge in [-0.05, 0) is 25.7 Å². The highest BCUT2D eigenvalue weighted by molar-refractivity contribution is 6.02. The molecule has 0 saturated heterocycles. The Morgan fingerprint density at radius 1 is 1.58 bits per heavy atom. The average Bonchev–Trinajstić information content (AvgIpc) is 2.60. The SMILES string of the molecule is CC1=NC1CC(=O)C1CC(C)C1. The molecule has 0 amide bonds. The minimum atomic E-state index is 0.299. The van der Waals surface area contributed by atoms with E-state index in [0.29, 0.717) is 24.2 Å². The molecule has 1 aliphatic heterocycles. The summed E-state index contributed by atoms with van der Waals surface area (Å²) >= 11 is 0. The van der Waals surface area contributed by atoms with E-state index in [4.69, 9.17) is 0 Å². The van der Waals surface area contributed by atoms with Gasteiger partial charge in [-0.3, -0.25) is 9.79 Å². The molecule has 2 rings (SSSR count). The normalized spacial score (nSPS) is 38.5. The monoisotopic (exact) mass is 165 g/mol. The van der Waals surface area contributed by atoms with Crippen LogP contribution in [-0.4, -0.2) is 17.5 Å². The Kier molecular flexibility index (Phi) is 1.78. The molecule has 0 aromatic carbocycles. The second-order valence-corrected chi connectivity index (χ2v) is 4.23. The molecule has 1 unspecified atom stereocenters. The Hall–Kier alpha value is -0.660. The lowest BCUT2D eigenvalue weighted by molar-refractivity contribution is -0.126. The number of ketones is 1. The number of nitrogens with zero attached hydrogens (tertiary/aromatic N) is 1. The molecule has 0 N–H and O–H groups in total. The standard InChI is InChI=1S/C10H15NO/c1-6-3-8(4-6)10(12)5-9-7(2)11-9/h6,8-9H,3-5H2,1-2H3. The minimum Gasteiger partial charge on any atom is -0.299 e. The second-order valence-electron chi connectivity index (χ2n) is 4.23. The number of hydrogen-bond donors (Lipinski definition) is 0. The quantitative estimate of drug-likeness (QED) is 0.627. The largest absolute Gasteiger partial charge is 0.299 e. The molecule has 1 saturated carbocycles. The maximum atomic E-state index is 11.5. The molecule has 0 spiro atoms. The zero-order valence-electron chi connectivity index (χ0n) is 7.71. The lowest BCUT2D eigenvalue weighted by Gasteiger charge is -2.31. The lowest BCUT2D eigenvalue weighted by Crippen LogP contribution is -2.29. The van der Waals surface area contributed by atoms with Gasteiger partial charge in [0.25, 0.3) is 0 Å². The van der Waals surface area contributed by atoms with E-state index in [9.17, 15) is 4.79 Å². The van der Waals surface area contributed by atoms with Gasteiger partial charge in [-0.2, -0.15) is 0 Å². The van der Waals surface area contributed by atoms with Crippen molar-refractivity contribution in [3.05, 3.63) is 0 Å². The molecule has 2 heteroatoms. The van der Waals surface area contributed by atoms with E-state index in [-0.39, 0.29) is 0 Å². The van der Waals surface area contributed by atoms with Gasteiger partial charge in [0, 0.05) is 18.1 Å². The minimum absolute atomic E-state index is 0.299. The molecule has 0 bridgehead atoms. The Labute approximate surface area is 73.1 Å². The van der Waals surface area contributed by atoms with Crippen LogP contribution in [0.1, 0.15) is 33.1 Å². The molecule has 2 aliphatic rings.